The zero-order chi connectivity index (χ0) is 20.1. The number of thiazole rings is 1. The molecule has 0 saturated carbocycles. The van der Waals surface area contributed by atoms with Crippen LogP contribution in [0.2, 0.25) is 0 Å². The second-order valence-electron chi connectivity index (χ2n) is 8.11. The number of hydrogen-bond acceptors (Lipinski definition) is 5. The number of benzene rings is 1. The van der Waals surface area contributed by atoms with Crippen molar-refractivity contribution in [2.24, 2.45) is 11.3 Å². The summed E-state index contributed by atoms with van der Waals surface area (Å²) in [4.78, 5) is 43.8. The molecule has 2 aromatic rings. The molecule has 2 amide bonds. The number of anilines is 2. The van der Waals surface area contributed by atoms with Crippen LogP contribution in [0.1, 0.15) is 42.1 Å². The van der Waals surface area contributed by atoms with Gasteiger partial charge >= 0.3 is 0 Å². The van der Waals surface area contributed by atoms with E-state index in [4.69, 9.17) is 0 Å². The number of ketones is 1. The van der Waals surface area contributed by atoms with Gasteiger partial charge in [0.25, 0.3) is 0 Å². The monoisotopic (exact) mass is 401 g/mol. The van der Waals surface area contributed by atoms with Crippen molar-refractivity contribution in [1.29, 1.82) is 0 Å². The van der Waals surface area contributed by atoms with Crippen LogP contribution in [0.4, 0.5) is 15.2 Å². The molecule has 146 valence electrons. The fraction of sp³-hybridized carbons (Fsp3) is 0.400. The lowest BCUT2D eigenvalue weighted by atomic mass is 9.78. The lowest BCUT2D eigenvalue weighted by Crippen LogP contribution is -2.28. The van der Waals surface area contributed by atoms with Crippen LogP contribution in [0.3, 0.4) is 0 Å². The van der Waals surface area contributed by atoms with Crippen LogP contribution in [0.15, 0.2) is 24.3 Å². The average Bonchev–Trinajstić information content (AvgIpc) is 3.18. The van der Waals surface area contributed by atoms with Gasteiger partial charge in [-0.15, -0.1) is 0 Å². The van der Waals surface area contributed by atoms with E-state index in [9.17, 15) is 18.8 Å². The highest BCUT2D eigenvalue weighted by Gasteiger charge is 2.37. The van der Waals surface area contributed by atoms with E-state index in [-0.39, 0.29) is 41.8 Å². The second kappa shape index (κ2) is 6.77. The molecule has 0 spiro atoms. The van der Waals surface area contributed by atoms with E-state index in [0.29, 0.717) is 28.5 Å². The highest BCUT2D eigenvalue weighted by Crippen LogP contribution is 2.38. The van der Waals surface area contributed by atoms with Gasteiger partial charge < -0.3 is 10.2 Å². The van der Waals surface area contributed by atoms with E-state index in [2.05, 4.69) is 10.3 Å². The molecule has 8 heteroatoms. The standard InChI is InChI=1S/C20H20FN3O3S/c1-20(2)8-14-17(15(25)9-20)28-19(22-14)23-18(27)11-7-16(26)24(10-11)13-5-3-12(21)4-6-13/h3-6,11H,7-10H2,1-2H3,(H,22,23,27)/t11-/m1/s1. The van der Waals surface area contributed by atoms with Gasteiger partial charge in [-0.25, -0.2) is 9.37 Å². The van der Waals surface area contributed by atoms with Crippen LogP contribution < -0.4 is 10.2 Å². The molecule has 1 aliphatic carbocycles. The van der Waals surface area contributed by atoms with Gasteiger partial charge in [-0.2, -0.15) is 0 Å². The van der Waals surface area contributed by atoms with E-state index in [1.165, 1.54) is 40.5 Å². The fourth-order valence-electron chi connectivity index (χ4n) is 3.73. The molecule has 1 N–H and O–H groups in total. The molecule has 2 heterocycles. The summed E-state index contributed by atoms with van der Waals surface area (Å²) in [6, 6.07) is 5.62. The molecule has 1 aliphatic heterocycles. The molecule has 0 bridgehead atoms. The average molecular weight is 401 g/mol. The summed E-state index contributed by atoms with van der Waals surface area (Å²) in [5.74, 6) is -1.32. The minimum Gasteiger partial charge on any atom is -0.312 e. The Balaban J connectivity index is 1.46. The van der Waals surface area contributed by atoms with E-state index >= 15 is 0 Å². The Morgan fingerprint density at radius 1 is 1.25 bits per heavy atom. The van der Waals surface area contributed by atoms with Gasteiger partial charge in [0.1, 0.15) is 5.82 Å². The van der Waals surface area contributed by atoms with Crippen LogP contribution in [0, 0.1) is 17.2 Å². The number of nitrogens with one attached hydrogen (secondary N) is 1. The number of aromatic nitrogens is 1. The van der Waals surface area contributed by atoms with Crippen LogP contribution in [-0.2, 0) is 16.0 Å². The number of hydrogen-bond donors (Lipinski definition) is 1. The fourth-order valence-corrected chi connectivity index (χ4v) is 4.66. The largest absolute Gasteiger partial charge is 0.312 e. The Labute approximate surface area is 165 Å². The van der Waals surface area contributed by atoms with Crippen molar-refractivity contribution in [3.8, 4) is 0 Å². The molecule has 28 heavy (non-hydrogen) atoms. The third kappa shape index (κ3) is 3.56. The number of rotatable bonds is 3. The molecule has 0 radical (unpaired) electrons. The van der Waals surface area contributed by atoms with Gasteiger partial charge in [-0.3, -0.25) is 14.4 Å². The number of nitrogens with zero attached hydrogens (tertiary/aromatic N) is 2. The molecule has 1 fully saturated rings. The Morgan fingerprint density at radius 3 is 2.68 bits per heavy atom. The highest BCUT2D eigenvalue weighted by atomic mass is 32.1. The molecule has 1 aromatic carbocycles. The Bertz CT molecular complexity index is 968. The van der Waals surface area contributed by atoms with Gasteiger partial charge in [0.05, 0.1) is 16.5 Å². The van der Waals surface area contributed by atoms with Crippen LogP contribution in [0.25, 0.3) is 0 Å². The number of halogens is 1. The third-order valence-corrected chi connectivity index (χ3v) is 6.15. The molecular weight excluding hydrogens is 381 g/mol. The number of amides is 2. The molecular formula is C20H20FN3O3S. The maximum absolute atomic E-state index is 13.1. The van der Waals surface area contributed by atoms with Gasteiger partial charge in [-0.05, 0) is 36.1 Å². The predicted molar refractivity (Wildman–Crippen MR) is 104 cm³/mol. The van der Waals surface area contributed by atoms with Crippen molar-refractivity contribution in [3.05, 3.63) is 40.7 Å². The van der Waals surface area contributed by atoms with Gasteiger partial charge in [0.15, 0.2) is 10.9 Å². The maximum Gasteiger partial charge on any atom is 0.231 e. The minimum absolute atomic E-state index is 0.0581. The van der Waals surface area contributed by atoms with E-state index < -0.39 is 5.92 Å². The molecule has 2 aliphatic rings. The van der Waals surface area contributed by atoms with Crippen molar-refractivity contribution in [2.45, 2.75) is 33.1 Å². The molecule has 0 unspecified atom stereocenters. The number of Topliss-reactive ketones (excluding diaryl/α,β-unsaturated/α-hetero) is 1. The van der Waals surface area contributed by atoms with E-state index in [0.717, 1.165) is 5.69 Å². The van der Waals surface area contributed by atoms with Gasteiger partial charge in [-0.1, -0.05) is 25.2 Å². The SMILES string of the molecule is CC1(C)CC(=O)c2sc(NC(=O)[C@@H]3CC(=O)N(c4ccc(F)cc4)C3)nc2C1. The van der Waals surface area contributed by atoms with E-state index in [1.807, 2.05) is 13.8 Å². The first-order valence-electron chi connectivity index (χ1n) is 9.11. The number of fused-ring (bicyclic) bond motifs is 1. The Morgan fingerprint density at radius 2 is 1.96 bits per heavy atom. The summed E-state index contributed by atoms with van der Waals surface area (Å²) in [6.07, 6.45) is 1.25. The Hall–Kier alpha value is -2.61. The zero-order valence-corrected chi connectivity index (χ0v) is 16.4. The normalized spacial score (nSPS) is 21.0. The lowest BCUT2D eigenvalue weighted by molar-refractivity contribution is -0.122. The first kappa shape index (κ1) is 18.7. The second-order valence-corrected chi connectivity index (χ2v) is 9.11. The summed E-state index contributed by atoms with van der Waals surface area (Å²) >= 11 is 1.20. The molecule has 1 aromatic heterocycles. The topological polar surface area (TPSA) is 79.4 Å². The number of carbonyl (C=O) groups is 3. The van der Waals surface area contributed by atoms with Crippen LogP contribution in [0.5, 0.6) is 0 Å². The molecule has 6 nitrogen and oxygen atoms in total. The van der Waals surface area contributed by atoms with Crippen molar-refractivity contribution in [1.82, 2.24) is 4.98 Å². The summed E-state index contributed by atoms with van der Waals surface area (Å²) in [7, 11) is 0. The summed E-state index contributed by atoms with van der Waals surface area (Å²) in [5.41, 5.74) is 1.17. The zero-order valence-electron chi connectivity index (χ0n) is 15.6. The number of carbonyl (C=O) groups excluding carboxylic acids is 3. The lowest BCUT2D eigenvalue weighted by Gasteiger charge is -2.26. The Kier molecular flexibility index (Phi) is 4.53. The summed E-state index contributed by atoms with van der Waals surface area (Å²) in [5, 5.41) is 3.16. The van der Waals surface area contributed by atoms with Crippen molar-refractivity contribution < 1.29 is 18.8 Å². The highest BCUT2D eigenvalue weighted by molar-refractivity contribution is 7.17. The molecule has 1 saturated heterocycles. The van der Waals surface area contributed by atoms with Gasteiger partial charge in [0.2, 0.25) is 11.8 Å². The van der Waals surface area contributed by atoms with Crippen molar-refractivity contribution in [2.75, 3.05) is 16.8 Å². The molecule has 4 rings (SSSR count). The predicted octanol–water partition coefficient (Wildman–Crippen LogP) is 3.43. The summed E-state index contributed by atoms with van der Waals surface area (Å²) in [6.45, 7) is 4.28. The molecule has 1 atom stereocenters. The first-order chi connectivity index (χ1) is 13.2. The van der Waals surface area contributed by atoms with Crippen molar-refractivity contribution >= 4 is 39.8 Å². The van der Waals surface area contributed by atoms with E-state index in [1.54, 1.807) is 0 Å². The van der Waals surface area contributed by atoms with Crippen molar-refractivity contribution in [3.63, 3.8) is 0 Å². The van der Waals surface area contributed by atoms with Crippen LogP contribution >= 0.6 is 11.3 Å². The maximum atomic E-state index is 13.1. The first-order valence-corrected chi connectivity index (χ1v) is 9.93. The minimum atomic E-state index is -0.523. The summed E-state index contributed by atoms with van der Waals surface area (Å²) < 4.78 is 13.1. The third-order valence-electron chi connectivity index (χ3n) is 5.10. The quantitative estimate of drug-likeness (QED) is 0.855. The van der Waals surface area contributed by atoms with Gasteiger partial charge in [0, 0.05) is 25.1 Å². The smallest absolute Gasteiger partial charge is 0.231 e. The van der Waals surface area contributed by atoms with Crippen LogP contribution in [-0.4, -0.2) is 29.1 Å².